The molecule has 0 N–H and O–H groups in total. The predicted molar refractivity (Wildman–Crippen MR) is 126 cm³/mol. The van der Waals surface area contributed by atoms with Gasteiger partial charge in [0.2, 0.25) is 0 Å². The Morgan fingerprint density at radius 1 is 0.886 bits per heavy atom. The van der Waals surface area contributed by atoms with Gasteiger partial charge < -0.3 is 14.2 Å². The zero-order chi connectivity index (χ0) is 24.9. The minimum absolute atomic E-state index is 0.0973. The van der Waals surface area contributed by atoms with Crippen molar-refractivity contribution in [3.8, 4) is 28.4 Å². The fourth-order valence-corrected chi connectivity index (χ4v) is 4.53. The van der Waals surface area contributed by atoms with E-state index in [0.29, 0.717) is 49.2 Å². The minimum atomic E-state index is -0.883. The van der Waals surface area contributed by atoms with E-state index >= 15 is 4.39 Å². The molecule has 7 heteroatoms. The normalized spacial score (nSPS) is 17.6. The van der Waals surface area contributed by atoms with E-state index in [1.807, 2.05) is 0 Å². The van der Waals surface area contributed by atoms with Crippen LogP contribution in [0.15, 0.2) is 54.6 Å². The highest BCUT2D eigenvalue weighted by molar-refractivity contribution is 5.75. The summed E-state index contributed by atoms with van der Waals surface area (Å²) < 4.78 is 59.6. The Kier molecular flexibility index (Phi) is 7.63. The first-order valence-corrected chi connectivity index (χ1v) is 11.7. The maximum Gasteiger partial charge on any atom is 0.314 e. The smallest absolute Gasteiger partial charge is 0.314 e. The second kappa shape index (κ2) is 10.8. The number of esters is 1. The summed E-state index contributed by atoms with van der Waals surface area (Å²) in [6, 6.07) is 14.0. The molecule has 0 heterocycles. The maximum absolute atomic E-state index is 15.0. The van der Waals surface area contributed by atoms with Crippen molar-refractivity contribution in [3.63, 3.8) is 0 Å². The van der Waals surface area contributed by atoms with Gasteiger partial charge in [-0.15, -0.1) is 0 Å². The minimum Gasteiger partial charge on any atom is -0.497 e. The number of carbonyl (C=O) groups is 1. The van der Waals surface area contributed by atoms with Crippen molar-refractivity contribution in [3.05, 3.63) is 77.6 Å². The van der Waals surface area contributed by atoms with E-state index < -0.39 is 23.4 Å². The lowest BCUT2D eigenvalue weighted by Gasteiger charge is -2.28. The molecule has 0 saturated heterocycles. The van der Waals surface area contributed by atoms with Gasteiger partial charge in [0.1, 0.15) is 11.5 Å². The molecule has 1 aliphatic carbocycles. The van der Waals surface area contributed by atoms with Crippen LogP contribution in [0.5, 0.6) is 17.2 Å². The SMILES string of the molecule is CCOc1ccc(OC(=O)C2CCC(c3ccc(-c4ccc(OC)cc4)c(F)c3F)CC2)cc1F. The van der Waals surface area contributed by atoms with Crippen molar-refractivity contribution in [1.29, 1.82) is 0 Å². The van der Waals surface area contributed by atoms with Crippen LogP contribution in [-0.4, -0.2) is 19.7 Å². The molecule has 0 bridgehead atoms. The van der Waals surface area contributed by atoms with Gasteiger partial charge in [0.25, 0.3) is 0 Å². The van der Waals surface area contributed by atoms with E-state index in [1.54, 1.807) is 50.4 Å². The lowest BCUT2D eigenvalue weighted by Crippen LogP contribution is -2.25. The predicted octanol–water partition coefficient (Wildman–Crippen LogP) is 7.06. The standard InChI is InChI=1S/C28H27F3O4/c1-3-34-25-15-12-21(16-24(25)29)35-28(32)19-6-4-17(5-7-19)22-13-14-23(27(31)26(22)30)18-8-10-20(33-2)11-9-18/h8-17,19H,3-7H2,1-2H3. The topological polar surface area (TPSA) is 44.8 Å². The van der Waals surface area contributed by atoms with Gasteiger partial charge in [-0.3, -0.25) is 4.79 Å². The van der Waals surface area contributed by atoms with Crippen molar-refractivity contribution in [1.82, 2.24) is 0 Å². The summed E-state index contributed by atoms with van der Waals surface area (Å²) in [5, 5.41) is 0. The maximum atomic E-state index is 15.0. The number of methoxy groups -OCH3 is 1. The second-order valence-corrected chi connectivity index (χ2v) is 8.55. The molecule has 1 aliphatic rings. The van der Waals surface area contributed by atoms with Crippen LogP contribution in [0, 0.1) is 23.4 Å². The van der Waals surface area contributed by atoms with Gasteiger partial charge in [0, 0.05) is 11.6 Å². The van der Waals surface area contributed by atoms with Crippen LogP contribution in [0.25, 0.3) is 11.1 Å². The molecule has 3 aromatic rings. The Labute approximate surface area is 202 Å². The average molecular weight is 485 g/mol. The molecular formula is C28H27F3O4. The van der Waals surface area contributed by atoms with Crippen LogP contribution < -0.4 is 14.2 Å². The fourth-order valence-electron chi connectivity index (χ4n) is 4.53. The molecule has 0 atom stereocenters. The van der Waals surface area contributed by atoms with Gasteiger partial charge in [-0.05, 0) is 73.9 Å². The van der Waals surface area contributed by atoms with E-state index in [2.05, 4.69) is 0 Å². The van der Waals surface area contributed by atoms with E-state index in [-0.39, 0.29) is 28.9 Å². The summed E-state index contributed by atoms with van der Waals surface area (Å²) >= 11 is 0. The Balaban J connectivity index is 1.39. The molecule has 0 unspecified atom stereocenters. The lowest BCUT2D eigenvalue weighted by atomic mass is 9.78. The third-order valence-electron chi connectivity index (χ3n) is 6.44. The largest absolute Gasteiger partial charge is 0.497 e. The van der Waals surface area contributed by atoms with Gasteiger partial charge >= 0.3 is 5.97 Å². The summed E-state index contributed by atoms with van der Waals surface area (Å²) in [5.74, 6) is -2.52. The second-order valence-electron chi connectivity index (χ2n) is 8.55. The van der Waals surface area contributed by atoms with Crippen molar-refractivity contribution >= 4 is 5.97 Å². The zero-order valence-corrected chi connectivity index (χ0v) is 19.7. The number of hydrogen-bond donors (Lipinski definition) is 0. The summed E-state index contributed by atoms with van der Waals surface area (Å²) in [7, 11) is 1.54. The van der Waals surface area contributed by atoms with Gasteiger partial charge in [-0.25, -0.2) is 13.2 Å². The quantitative estimate of drug-likeness (QED) is 0.266. The number of rotatable bonds is 7. The van der Waals surface area contributed by atoms with Crippen molar-refractivity contribution in [2.24, 2.45) is 5.92 Å². The molecule has 184 valence electrons. The monoisotopic (exact) mass is 484 g/mol. The first kappa shape index (κ1) is 24.6. The molecule has 1 saturated carbocycles. The van der Waals surface area contributed by atoms with Gasteiger partial charge in [0.15, 0.2) is 23.2 Å². The molecule has 0 aliphatic heterocycles. The van der Waals surface area contributed by atoms with Crippen LogP contribution in [0.4, 0.5) is 13.2 Å². The van der Waals surface area contributed by atoms with Crippen molar-refractivity contribution in [2.75, 3.05) is 13.7 Å². The Bertz CT molecular complexity index is 1190. The third kappa shape index (κ3) is 5.45. The molecule has 0 amide bonds. The van der Waals surface area contributed by atoms with E-state index in [9.17, 15) is 13.6 Å². The highest BCUT2D eigenvalue weighted by atomic mass is 19.2. The highest BCUT2D eigenvalue weighted by Gasteiger charge is 2.31. The molecule has 4 rings (SSSR count). The lowest BCUT2D eigenvalue weighted by molar-refractivity contribution is -0.140. The van der Waals surface area contributed by atoms with Crippen LogP contribution in [0.2, 0.25) is 0 Å². The summed E-state index contributed by atoms with van der Waals surface area (Å²) in [4.78, 5) is 12.6. The molecule has 4 nitrogen and oxygen atoms in total. The van der Waals surface area contributed by atoms with E-state index in [0.717, 1.165) is 6.07 Å². The number of benzene rings is 3. The van der Waals surface area contributed by atoms with Crippen LogP contribution in [0.3, 0.4) is 0 Å². The van der Waals surface area contributed by atoms with Crippen LogP contribution in [-0.2, 0) is 4.79 Å². The molecule has 1 fully saturated rings. The molecular weight excluding hydrogens is 457 g/mol. The van der Waals surface area contributed by atoms with Gasteiger partial charge in [0.05, 0.1) is 19.6 Å². The van der Waals surface area contributed by atoms with Crippen LogP contribution in [0.1, 0.15) is 44.1 Å². The first-order chi connectivity index (χ1) is 16.9. The van der Waals surface area contributed by atoms with Crippen molar-refractivity contribution in [2.45, 2.75) is 38.5 Å². The van der Waals surface area contributed by atoms with Gasteiger partial charge in [-0.1, -0.05) is 24.3 Å². The number of hydrogen-bond acceptors (Lipinski definition) is 4. The Morgan fingerprint density at radius 3 is 2.20 bits per heavy atom. The molecule has 0 aromatic heterocycles. The van der Waals surface area contributed by atoms with E-state index in [4.69, 9.17) is 14.2 Å². The number of halogens is 3. The number of ether oxygens (including phenoxy) is 3. The molecule has 0 spiro atoms. The fraction of sp³-hybridized carbons (Fsp3) is 0.321. The summed E-state index contributed by atoms with van der Waals surface area (Å²) in [5.41, 5.74) is 1.07. The Morgan fingerprint density at radius 2 is 1.57 bits per heavy atom. The van der Waals surface area contributed by atoms with Crippen LogP contribution >= 0.6 is 0 Å². The highest BCUT2D eigenvalue weighted by Crippen LogP contribution is 2.39. The molecule has 35 heavy (non-hydrogen) atoms. The third-order valence-corrected chi connectivity index (χ3v) is 6.44. The van der Waals surface area contributed by atoms with E-state index in [1.165, 1.54) is 12.1 Å². The average Bonchev–Trinajstić information content (AvgIpc) is 2.87. The summed E-state index contributed by atoms with van der Waals surface area (Å²) in [6.45, 7) is 2.08. The Hall–Kier alpha value is -3.48. The molecule has 0 radical (unpaired) electrons. The zero-order valence-electron chi connectivity index (χ0n) is 19.7. The first-order valence-electron chi connectivity index (χ1n) is 11.7. The molecule has 3 aromatic carbocycles. The number of carbonyl (C=O) groups excluding carboxylic acids is 1. The van der Waals surface area contributed by atoms with Crippen molar-refractivity contribution < 1.29 is 32.2 Å². The summed E-state index contributed by atoms with van der Waals surface area (Å²) in [6.07, 6.45) is 2.00. The van der Waals surface area contributed by atoms with Gasteiger partial charge in [-0.2, -0.15) is 0 Å².